The average Bonchev–Trinajstić information content (AvgIpc) is 2.82. The van der Waals surface area contributed by atoms with E-state index < -0.39 is 0 Å². The average molecular weight is 294 g/mol. The van der Waals surface area contributed by atoms with Gasteiger partial charge in [-0.05, 0) is 24.1 Å². The molecule has 17 heavy (non-hydrogen) atoms. The molecule has 0 fully saturated rings. The van der Waals surface area contributed by atoms with Crippen molar-refractivity contribution < 1.29 is 0 Å². The summed E-state index contributed by atoms with van der Waals surface area (Å²) in [6.07, 6.45) is 4.56. The molecule has 3 nitrogen and oxygen atoms in total. The number of hydrogen-bond donors (Lipinski definition) is 2. The third kappa shape index (κ3) is 3.68. The van der Waals surface area contributed by atoms with Crippen LogP contribution >= 0.6 is 15.9 Å². The van der Waals surface area contributed by atoms with Gasteiger partial charge in [0.1, 0.15) is 0 Å². The molecule has 0 atom stereocenters. The van der Waals surface area contributed by atoms with Crippen molar-refractivity contribution >= 4 is 15.9 Å². The standard InChI is InChI=1S/C13H16BrN3/c1-10-6-11(2-3-13(10)14)7-15-5-4-12-8-16-9-17-12/h2-3,6,8-9,15H,4-5,7H2,1H3,(H,16,17). The summed E-state index contributed by atoms with van der Waals surface area (Å²) in [5.74, 6) is 0. The zero-order valence-corrected chi connectivity index (χ0v) is 11.4. The first-order valence-electron chi connectivity index (χ1n) is 5.68. The Morgan fingerprint density at radius 3 is 3.00 bits per heavy atom. The Kier molecular flexibility index (Phi) is 4.34. The smallest absolute Gasteiger partial charge is 0.0921 e. The number of rotatable bonds is 5. The van der Waals surface area contributed by atoms with Crippen molar-refractivity contribution in [1.29, 1.82) is 0 Å². The molecule has 0 bridgehead atoms. The summed E-state index contributed by atoms with van der Waals surface area (Å²) in [6.45, 7) is 3.97. The van der Waals surface area contributed by atoms with Crippen molar-refractivity contribution in [3.63, 3.8) is 0 Å². The van der Waals surface area contributed by atoms with E-state index in [2.05, 4.69) is 56.3 Å². The van der Waals surface area contributed by atoms with Gasteiger partial charge in [0, 0.05) is 35.9 Å². The number of imidazole rings is 1. The van der Waals surface area contributed by atoms with Gasteiger partial charge < -0.3 is 10.3 Å². The lowest BCUT2D eigenvalue weighted by atomic mass is 10.1. The molecule has 0 amide bonds. The lowest BCUT2D eigenvalue weighted by Gasteiger charge is -2.06. The van der Waals surface area contributed by atoms with E-state index in [1.165, 1.54) is 21.3 Å². The van der Waals surface area contributed by atoms with E-state index in [0.717, 1.165) is 19.5 Å². The molecule has 1 heterocycles. The van der Waals surface area contributed by atoms with Gasteiger partial charge in [-0.25, -0.2) is 4.98 Å². The number of nitrogens with one attached hydrogen (secondary N) is 2. The number of aryl methyl sites for hydroxylation is 1. The minimum Gasteiger partial charge on any atom is -0.348 e. The predicted molar refractivity (Wildman–Crippen MR) is 72.9 cm³/mol. The number of hydrogen-bond acceptors (Lipinski definition) is 2. The number of halogens is 1. The van der Waals surface area contributed by atoms with Crippen LogP contribution in [0.15, 0.2) is 35.2 Å². The van der Waals surface area contributed by atoms with Crippen molar-refractivity contribution in [3.05, 3.63) is 52.0 Å². The molecular formula is C13H16BrN3. The van der Waals surface area contributed by atoms with Crippen LogP contribution in [0.4, 0.5) is 0 Å². The van der Waals surface area contributed by atoms with E-state index in [4.69, 9.17) is 0 Å². The molecule has 90 valence electrons. The molecule has 0 unspecified atom stereocenters. The van der Waals surface area contributed by atoms with Crippen molar-refractivity contribution in [2.75, 3.05) is 6.54 Å². The lowest BCUT2D eigenvalue weighted by Crippen LogP contribution is -2.16. The van der Waals surface area contributed by atoms with Gasteiger partial charge in [-0.3, -0.25) is 0 Å². The first-order valence-corrected chi connectivity index (χ1v) is 6.48. The van der Waals surface area contributed by atoms with Crippen molar-refractivity contribution in [2.45, 2.75) is 19.9 Å². The van der Waals surface area contributed by atoms with Crippen molar-refractivity contribution in [2.24, 2.45) is 0 Å². The topological polar surface area (TPSA) is 40.7 Å². The monoisotopic (exact) mass is 293 g/mol. The van der Waals surface area contributed by atoms with Crippen LogP contribution in [-0.4, -0.2) is 16.5 Å². The van der Waals surface area contributed by atoms with Crippen LogP contribution in [-0.2, 0) is 13.0 Å². The second-order valence-corrected chi connectivity index (χ2v) is 4.94. The highest BCUT2D eigenvalue weighted by molar-refractivity contribution is 9.10. The van der Waals surface area contributed by atoms with Gasteiger partial charge in [-0.15, -0.1) is 0 Å². The molecule has 1 aromatic carbocycles. The molecule has 0 aliphatic rings. The third-order valence-electron chi connectivity index (χ3n) is 2.68. The van der Waals surface area contributed by atoms with Crippen LogP contribution in [0.5, 0.6) is 0 Å². The summed E-state index contributed by atoms with van der Waals surface area (Å²) >= 11 is 3.51. The van der Waals surface area contributed by atoms with E-state index in [-0.39, 0.29) is 0 Å². The molecule has 0 spiro atoms. The van der Waals surface area contributed by atoms with Crippen LogP contribution in [0.3, 0.4) is 0 Å². The third-order valence-corrected chi connectivity index (χ3v) is 3.57. The van der Waals surface area contributed by atoms with Gasteiger partial charge in [0.2, 0.25) is 0 Å². The van der Waals surface area contributed by atoms with Crippen molar-refractivity contribution in [3.8, 4) is 0 Å². The van der Waals surface area contributed by atoms with Gasteiger partial charge in [-0.2, -0.15) is 0 Å². The van der Waals surface area contributed by atoms with Gasteiger partial charge in [0.05, 0.1) is 6.33 Å². The quantitative estimate of drug-likeness (QED) is 0.833. The molecule has 2 rings (SSSR count). The van der Waals surface area contributed by atoms with Crippen LogP contribution in [0.25, 0.3) is 0 Å². The molecule has 0 saturated carbocycles. The molecule has 0 saturated heterocycles. The Labute approximate surface area is 110 Å². The maximum Gasteiger partial charge on any atom is 0.0921 e. The molecule has 4 heteroatoms. The molecular weight excluding hydrogens is 278 g/mol. The van der Waals surface area contributed by atoms with Crippen LogP contribution in [0.1, 0.15) is 16.8 Å². The molecule has 2 N–H and O–H groups in total. The summed E-state index contributed by atoms with van der Waals surface area (Å²) in [4.78, 5) is 7.09. The second-order valence-electron chi connectivity index (χ2n) is 4.09. The Balaban J connectivity index is 1.76. The number of aromatic amines is 1. The SMILES string of the molecule is Cc1cc(CNCCc2cnc[nH]2)ccc1Br. The van der Waals surface area contributed by atoms with Crippen LogP contribution < -0.4 is 5.32 Å². The van der Waals surface area contributed by atoms with Gasteiger partial charge >= 0.3 is 0 Å². The van der Waals surface area contributed by atoms with Crippen LogP contribution in [0, 0.1) is 6.92 Å². The van der Waals surface area contributed by atoms with Crippen molar-refractivity contribution in [1.82, 2.24) is 15.3 Å². The van der Waals surface area contributed by atoms with E-state index in [0.29, 0.717) is 0 Å². The first-order chi connectivity index (χ1) is 8.25. The highest BCUT2D eigenvalue weighted by Gasteiger charge is 1.98. The predicted octanol–water partition coefficient (Wildman–Crippen LogP) is 2.81. The summed E-state index contributed by atoms with van der Waals surface area (Å²) in [7, 11) is 0. The second kappa shape index (κ2) is 5.98. The van der Waals surface area contributed by atoms with E-state index in [1.54, 1.807) is 6.33 Å². The highest BCUT2D eigenvalue weighted by Crippen LogP contribution is 2.16. The minimum absolute atomic E-state index is 0.905. The van der Waals surface area contributed by atoms with E-state index in [1.807, 2.05) is 6.20 Å². The molecule has 0 aliphatic heterocycles. The zero-order valence-electron chi connectivity index (χ0n) is 9.83. The summed E-state index contributed by atoms with van der Waals surface area (Å²) in [5.41, 5.74) is 3.76. The molecule has 0 aliphatic carbocycles. The molecule has 0 radical (unpaired) electrons. The maximum absolute atomic E-state index is 3.99. The van der Waals surface area contributed by atoms with E-state index >= 15 is 0 Å². The van der Waals surface area contributed by atoms with E-state index in [9.17, 15) is 0 Å². The molecule has 1 aromatic heterocycles. The largest absolute Gasteiger partial charge is 0.348 e. The normalized spacial score (nSPS) is 10.7. The summed E-state index contributed by atoms with van der Waals surface area (Å²) in [6, 6.07) is 6.44. The first kappa shape index (κ1) is 12.3. The van der Waals surface area contributed by atoms with Gasteiger partial charge in [0.15, 0.2) is 0 Å². The van der Waals surface area contributed by atoms with Gasteiger partial charge in [0.25, 0.3) is 0 Å². The highest BCUT2D eigenvalue weighted by atomic mass is 79.9. The van der Waals surface area contributed by atoms with Crippen LogP contribution in [0.2, 0.25) is 0 Å². The fraction of sp³-hybridized carbons (Fsp3) is 0.308. The fourth-order valence-electron chi connectivity index (χ4n) is 1.69. The Bertz CT molecular complexity index is 466. The maximum atomic E-state index is 3.99. The minimum atomic E-state index is 0.905. The summed E-state index contributed by atoms with van der Waals surface area (Å²) in [5, 5.41) is 3.42. The Morgan fingerprint density at radius 2 is 2.29 bits per heavy atom. The number of aromatic nitrogens is 2. The Morgan fingerprint density at radius 1 is 1.41 bits per heavy atom. The van der Waals surface area contributed by atoms with Gasteiger partial charge in [-0.1, -0.05) is 28.1 Å². The summed E-state index contributed by atoms with van der Waals surface area (Å²) < 4.78 is 1.17. The molecule has 2 aromatic rings. The number of benzene rings is 1. The number of nitrogens with zero attached hydrogens (tertiary/aromatic N) is 1. The number of H-pyrrole nitrogens is 1. The lowest BCUT2D eigenvalue weighted by molar-refractivity contribution is 0.681. The Hall–Kier alpha value is -1.13. The zero-order chi connectivity index (χ0) is 12.1. The fourth-order valence-corrected chi connectivity index (χ4v) is 1.94.